The number of hydrogen-bond acceptors (Lipinski definition) is 3. The highest BCUT2D eigenvalue weighted by molar-refractivity contribution is 5.13. The van der Waals surface area contributed by atoms with Crippen molar-refractivity contribution >= 4 is 0 Å². The Labute approximate surface area is 102 Å². The summed E-state index contributed by atoms with van der Waals surface area (Å²) >= 11 is 0. The lowest BCUT2D eigenvalue weighted by Crippen LogP contribution is -2.27. The van der Waals surface area contributed by atoms with Crippen LogP contribution in [0.1, 0.15) is 31.5 Å². The Kier molecular flexibility index (Phi) is 3.58. The molecule has 0 radical (unpaired) electrons. The van der Waals surface area contributed by atoms with E-state index in [1.165, 1.54) is 0 Å². The number of nitrogens with zero attached hydrogens (tertiary/aromatic N) is 4. The smallest absolute Gasteiger partial charge is 0.133 e. The third kappa shape index (κ3) is 2.24. The highest BCUT2D eigenvalue weighted by Crippen LogP contribution is 2.18. The van der Waals surface area contributed by atoms with Crippen LogP contribution in [0, 0.1) is 0 Å². The minimum atomic E-state index is 0.0509. The molecular weight excluding hydrogens is 214 g/mol. The molecule has 0 bridgehead atoms. The van der Waals surface area contributed by atoms with E-state index in [1.807, 2.05) is 36.4 Å². The molecule has 5 heteroatoms. The van der Waals surface area contributed by atoms with E-state index in [0.29, 0.717) is 0 Å². The second-order valence-electron chi connectivity index (χ2n) is 3.96. The molecule has 0 saturated heterocycles. The highest BCUT2D eigenvalue weighted by Gasteiger charge is 2.21. The van der Waals surface area contributed by atoms with Crippen LogP contribution in [0.4, 0.5) is 0 Å². The summed E-state index contributed by atoms with van der Waals surface area (Å²) in [5.41, 5.74) is 0. The predicted molar refractivity (Wildman–Crippen MR) is 66.6 cm³/mol. The van der Waals surface area contributed by atoms with Gasteiger partial charge in [-0.25, -0.2) is 9.97 Å². The van der Waals surface area contributed by atoms with Crippen LogP contribution in [0.3, 0.4) is 0 Å². The molecule has 0 aromatic carbocycles. The topological polar surface area (TPSA) is 47.7 Å². The van der Waals surface area contributed by atoms with E-state index in [9.17, 15) is 0 Å². The minimum absolute atomic E-state index is 0.0509. The molecule has 1 unspecified atom stereocenters. The molecule has 0 aliphatic rings. The monoisotopic (exact) mass is 233 g/mol. The molecule has 2 aromatic rings. The van der Waals surface area contributed by atoms with Crippen molar-refractivity contribution in [1.82, 2.24) is 24.4 Å². The zero-order valence-corrected chi connectivity index (χ0v) is 10.6. The summed E-state index contributed by atoms with van der Waals surface area (Å²) in [4.78, 5) is 8.86. The molecule has 5 nitrogen and oxygen atoms in total. The van der Waals surface area contributed by atoms with Gasteiger partial charge in [-0.3, -0.25) is 0 Å². The van der Waals surface area contributed by atoms with Crippen LogP contribution in [0.5, 0.6) is 0 Å². The number of rotatable bonds is 5. The quantitative estimate of drug-likeness (QED) is 0.847. The summed E-state index contributed by atoms with van der Waals surface area (Å²) in [5.74, 6) is 2.01. The van der Waals surface area contributed by atoms with Crippen LogP contribution in [-0.2, 0) is 13.6 Å². The Balaban J connectivity index is 2.39. The van der Waals surface area contributed by atoms with E-state index in [4.69, 9.17) is 0 Å². The molecule has 0 saturated carbocycles. The van der Waals surface area contributed by atoms with Gasteiger partial charge in [-0.1, -0.05) is 6.92 Å². The minimum Gasteiger partial charge on any atom is -0.336 e. The third-order valence-corrected chi connectivity index (χ3v) is 2.87. The van der Waals surface area contributed by atoms with Gasteiger partial charge in [0.1, 0.15) is 17.7 Å². The first-order valence-corrected chi connectivity index (χ1v) is 5.99. The van der Waals surface area contributed by atoms with Gasteiger partial charge >= 0.3 is 0 Å². The summed E-state index contributed by atoms with van der Waals surface area (Å²) < 4.78 is 4.17. The van der Waals surface area contributed by atoms with Crippen molar-refractivity contribution in [2.75, 3.05) is 6.54 Å². The van der Waals surface area contributed by atoms with Crippen molar-refractivity contribution in [2.45, 2.75) is 26.4 Å². The Morgan fingerprint density at radius 3 is 2.47 bits per heavy atom. The lowest BCUT2D eigenvalue weighted by molar-refractivity contribution is 0.523. The molecule has 0 aliphatic heterocycles. The number of aryl methyl sites for hydroxylation is 2. The maximum absolute atomic E-state index is 4.45. The summed E-state index contributed by atoms with van der Waals surface area (Å²) in [6, 6.07) is 0.0509. The summed E-state index contributed by atoms with van der Waals surface area (Å²) in [5, 5.41) is 3.44. The first-order chi connectivity index (χ1) is 8.27. The number of nitrogens with one attached hydrogen (secondary N) is 1. The maximum atomic E-state index is 4.45. The van der Waals surface area contributed by atoms with Gasteiger partial charge < -0.3 is 14.5 Å². The summed E-state index contributed by atoms with van der Waals surface area (Å²) in [7, 11) is 2.01. The molecule has 2 heterocycles. The Bertz CT molecular complexity index is 471. The van der Waals surface area contributed by atoms with Crippen molar-refractivity contribution in [1.29, 1.82) is 0 Å². The molecule has 17 heavy (non-hydrogen) atoms. The van der Waals surface area contributed by atoms with E-state index in [1.54, 1.807) is 0 Å². The molecule has 0 spiro atoms. The molecule has 1 N–H and O–H groups in total. The second kappa shape index (κ2) is 5.14. The average molecular weight is 233 g/mol. The van der Waals surface area contributed by atoms with Crippen molar-refractivity contribution in [3.8, 4) is 0 Å². The van der Waals surface area contributed by atoms with Gasteiger partial charge in [0.05, 0.1) is 0 Å². The van der Waals surface area contributed by atoms with E-state index in [0.717, 1.165) is 24.7 Å². The van der Waals surface area contributed by atoms with Crippen LogP contribution >= 0.6 is 0 Å². The van der Waals surface area contributed by atoms with Crippen molar-refractivity contribution in [3.05, 3.63) is 36.4 Å². The van der Waals surface area contributed by atoms with Gasteiger partial charge in [0.2, 0.25) is 0 Å². The van der Waals surface area contributed by atoms with Crippen molar-refractivity contribution in [3.63, 3.8) is 0 Å². The number of hydrogen-bond donors (Lipinski definition) is 1. The fourth-order valence-corrected chi connectivity index (χ4v) is 2.01. The summed E-state index contributed by atoms with van der Waals surface area (Å²) in [6.07, 6.45) is 7.62. The number of imidazole rings is 2. The van der Waals surface area contributed by atoms with E-state index >= 15 is 0 Å². The normalized spacial score (nSPS) is 12.9. The Hall–Kier alpha value is -1.62. The first-order valence-electron chi connectivity index (χ1n) is 5.99. The van der Waals surface area contributed by atoms with E-state index < -0.39 is 0 Å². The van der Waals surface area contributed by atoms with E-state index in [-0.39, 0.29) is 6.04 Å². The zero-order chi connectivity index (χ0) is 12.3. The van der Waals surface area contributed by atoms with Crippen LogP contribution in [-0.4, -0.2) is 25.6 Å². The van der Waals surface area contributed by atoms with Crippen LogP contribution < -0.4 is 5.32 Å². The van der Waals surface area contributed by atoms with Crippen LogP contribution in [0.25, 0.3) is 0 Å². The van der Waals surface area contributed by atoms with Crippen molar-refractivity contribution in [2.24, 2.45) is 7.05 Å². The molecule has 2 rings (SSSR count). The van der Waals surface area contributed by atoms with Gasteiger partial charge in [-0.2, -0.15) is 0 Å². The van der Waals surface area contributed by atoms with Gasteiger partial charge in [-0.05, 0) is 13.5 Å². The van der Waals surface area contributed by atoms with Crippen molar-refractivity contribution < 1.29 is 0 Å². The molecule has 2 aromatic heterocycles. The van der Waals surface area contributed by atoms with Gasteiger partial charge in [0, 0.05) is 38.4 Å². The van der Waals surface area contributed by atoms with Gasteiger partial charge in [0.15, 0.2) is 0 Å². The third-order valence-electron chi connectivity index (χ3n) is 2.87. The van der Waals surface area contributed by atoms with Crippen LogP contribution in [0.2, 0.25) is 0 Å². The number of aromatic nitrogens is 4. The fourth-order valence-electron chi connectivity index (χ4n) is 2.01. The van der Waals surface area contributed by atoms with Gasteiger partial charge in [-0.15, -0.1) is 0 Å². The van der Waals surface area contributed by atoms with E-state index in [2.05, 4.69) is 33.7 Å². The molecular formula is C12H19N5. The molecule has 0 amide bonds. The lowest BCUT2D eigenvalue weighted by Gasteiger charge is -2.18. The predicted octanol–water partition coefficient (Wildman–Crippen LogP) is 1.34. The Morgan fingerprint density at radius 2 is 1.88 bits per heavy atom. The summed E-state index contributed by atoms with van der Waals surface area (Å²) in [6.45, 7) is 6.01. The van der Waals surface area contributed by atoms with Crippen LogP contribution in [0.15, 0.2) is 24.8 Å². The average Bonchev–Trinajstić information content (AvgIpc) is 2.94. The molecule has 0 aliphatic carbocycles. The highest BCUT2D eigenvalue weighted by atomic mass is 15.2. The largest absolute Gasteiger partial charge is 0.336 e. The molecule has 92 valence electrons. The van der Waals surface area contributed by atoms with Gasteiger partial charge in [0.25, 0.3) is 0 Å². The Morgan fingerprint density at radius 1 is 1.18 bits per heavy atom. The molecule has 0 fully saturated rings. The molecule has 1 atom stereocenters. The lowest BCUT2D eigenvalue weighted by atomic mass is 10.2. The zero-order valence-electron chi connectivity index (χ0n) is 10.6. The maximum Gasteiger partial charge on any atom is 0.133 e. The standard InChI is InChI=1S/C12H19N5/c1-4-13-10(11-14-6-8-16(11)3)12-15-7-9-17(12)5-2/h6-10,13H,4-5H2,1-3H3. The first kappa shape index (κ1) is 11.9. The SMILES string of the molecule is CCNC(c1nccn1C)c1nccn1CC. The second-order valence-corrected chi connectivity index (χ2v) is 3.96. The fraction of sp³-hybridized carbons (Fsp3) is 0.500.